The van der Waals surface area contributed by atoms with E-state index in [0.29, 0.717) is 17.2 Å². The molecule has 0 spiro atoms. The smallest absolute Gasteiger partial charge is 0.435 e. The van der Waals surface area contributed by atoms with E-state index in [1.165, 1.54) is 60.5 Å². The van der Waals surface area contributed by atoms with Gasteiger partial charge in [0, 0.05) is 49.4 Å². The molecule has 3 heterocycles. The number of methoxy groups -OCH3 is 1. The Morgan fingerprint density at radius 3 is 2.42 bits per heavy atom. The van der Waals surface area contributed by atoms with E-state index in [9.17, 15) is 31.2 Å². The number of nitrogens with zero attached hydrogens (tertiary/aromatic N) is 4. The minimum atomic E-state index is -4.88. The summed E-state index contributed by atoms with van der Waals surface area (Å²) in [4.78, 5) is 26.3. The van der Waals surface area contributed by atoms with Crippen LogP contribution in [0.1, 0.15) is 37.7 Å². The zero-order valence-electron chi connectivity index (χ0n) is 23.9. The lowest BCUT2D eigenvalue weighted by Crippen LogP contribution is -2.37. The van der Waals surface area contributed by atoms with Gasteiger partial charge in [0.15, 0.2) is 17.2 Å². The Hall–Kier alpha value is -4.89. The monoisotopic (exact) mass is 642 g/mol. The summed E-state index contributed by atoms with van der Waals surface area (Å²) in [6.07, 6.45) is -4.95. The van der Waals surface area contributed by atoms with Gasteiger partial charge in [-0.1, -0.05) is 6.07 Å². The van der Waals surface area contributed by atoms with Crippen LogP contribution in [0.2, 0.25) is 0 Å². The molecule has 4 aromatic rings. The lowest BCUT2D eigenvalue weighted by atomic mass is 10.1. The van der Waals surface area contributed by atoms with Crippen molar-refractivity contribution in [3.05, 3.63) is 94.8 Å². The van der Waals surface area contributed by atoms with E-state index in [0.717, 1.165) is 8.99 Å². The van der Waals surface area contributed by atoms with Crippen LogP contribution in [0.25, 0.3) is 5.69 Å². The number of carbonyl (C=O) groups excluding carboxylic acids is 2. The average Bonchev–Trinajstić information content (AvgIpc) is 3.68. The average molecular weight is 643 g/mol. The highest BCUT2D eigenvalue weighted by Gasteiger charge is 2.42. The standard InChI is InChI=1S/C30H25F3N4O7S/c1-35(20-8-11-25-26(15-20)44-17-43-25)28(38)19-4-3-5-21(14-19)37-24-12-13-36(16-23(24)27(34-37)30(31,32)33)45(40,41)22-9-6-18(7-10-22)29(39)42-2/h3-11,14-15H,12-13,16-17H2,1-2H3. The lowest BCUT2D eigenvalue weighted by molar-refractivity contribution is -0.142. The number of benzene rings is 3. The molecule has 2 aliphatic rings. The maximum absolute atomic E-state index is 14.2. The number of amides is 1. The minimum Gasteiger partial charge on any atom is -0.465 e. The van der Waals surface area contributed by atoms with Crippen molar-refractivity contribution in [2.24, 2.45) is 0 Å². The largest absolute Gasteiger partial charge is 0.465 e. The molecule has 11 nitrogen and oxygen atoms in total. The van der Waals surface area contributed by atoms with Crippen molar-refractivity contribution in [2.75, 3.05) is 32.4 Å². The van der Waals surface area contributed by atoms with Gasteiger partial charge in [-0.3, -0.25) is 4.79 Å². The van der Waals surface area contributed by atoms with Crippen LogP contribution in [0, 0.1) is 0 Å². The summed E-state index contributed by atoms with van der Waals surface area (Å²) >= 11 is 0. The van der Waals surface area contributed by atoms with E-state index in [4.69, 9.17) is 9.47 Å². The molecule has 0 unspecified atom stereocenters. The third kappa shape index (κ3) is 5.48. The van der Waals surface area contributed by atoms with Crippen molar-refractivity contribution in [2.45, 2.75) is 24.0 Å². The van der Waals surface area contributed by atoms with Gasteiger partial charge in [-0.25, -0.2) is 17.9 Å². The summed E-state index contributed by atoms with van der Waals surface area (Å²) in [5, 5.41) is 3.87. The molecule has 0 aliphatic carbocycles. The van der Waals surface area contributed by atoms with Gasteiger partial charge >= 0.3 is 12.1 Å². The Bertz CT molecular complexity index is 1920. The molecule has 15 heteroatoms. The van der Waals surface area contributed by atoms with Crippen LogP contribution in [-0.2, 0) is 33.9 Å². The number of carbonyl (C=O) groups is 2. The van der Waals surface area contributed by atoms with E-state index in [-0.39, 0.29) is 52.7 Å². The normalized spacial score (nSPS) is 14.6. The van der Waals surface area contributed by atoms with Crippen molar-refractivity contribution in [3.8, 4) is 17.2 Å². The Morgan fingerprint density at radius 2 is 1.71 bits per heavy atom. The molecule has 0 saturated heterocycles. The molecule has 0 atom stereocenters. The number of ether oxygens (including phenoxy) is 3. The maximum atomic E-state index is 14.2. The second-order valence-corrected chi connectivity index (χ2v) is 12.2. The quantitative estimate of drug-likeness (QED) is 0.284. The second-order valence-electron chi connectivity index (χ2n) is 10.2. The number of anilines is 1. The summed E-state index contributed by atoms with van der Waals surface area (Å²) in [5.41, 5.74) is -0.260. The van der Waals surface area contributed by atoms with Crippen LogP contribution in [0.5, 0.6) is 11.5 Å². The SMILES string of the molecule is COC(=O)c1ccc(S(=O)(=O)N2CCc3c(c(C(F)(F)F)nn3-c3cccc(C(=O)N(C)c4ccc5c(c4)OCO5)c3)C2)cc1. The van der Waals surface area contributed by atoms with Crippen LogP contribution in [0.15, 0.2) is 71.6 Å². The number of fused-ring (bicyclic) bond motifs is 2. The molecule has 1 amide bonds. The molecule has 0 N–H and O–H groups in total. The van der Waals surface area contributed by atoms with Crippen molar-refractivity contribution in [1.29, 1.82) is 0 Å². The number of esters is 1. The molecule has 0 saturated carbocycles. The van der Waals surface area contributed by atoms with Crippen LogP contribution in [-0.4, -0.2) is 61.9 Å². The Kier molecular flexibility index (Phi) is 7.53. The molecule has 2 aliphatic heterocycles. The highest BCUT2D eigenvalue weighted by Crippen LogP contribution is 2.38. The fourth-order valence-corrected chi connectivity index (χ4v) is 6.65. The number of rotatable bonds is 6. The van der Waals surface area contributed by atoms with E-state index in [1.54, 1.807) is 25.2 Å². The van der Waals surface area contributed by atoms with Gasteiger partial charge in [-0.2, -0.15) is 22.6 Å². The second kappa shape index (κ2) is 11.2. The molecular formula is C30H25F3N4O7S. The van der Waals surface area contributed by atoms with Crippen LogP contribution < -0.4 is 14.4 Å². The van der Waals surface area contributed by atoms with Gasteiger partial charge in [0.25, 0.3) is 5.91 Å². The van der Waals surface area contributed by atoms with Gasteiger partial charge in [-0.15, -0.1) is 0 Å². The summed E-state index contributed by atoms with van der Waals surface area (Å²) < 4.78 is 86.9. The van der Waals surface area contributed by atoms with E-state index in [1.807, 2.05) is 0 Å². The van der Waals surface area contributed by atoms with Gasteiger partial charge in [0.1, 0.15) is 0 Å². The summed E-state index contributed by atoms with van der Waals surface area (Å²) in [5.74, 6) is -0.0521. The molecule has 6 rings (SSSR count). The van der Waals surface area contributed by atoms with Gasteiger partial charge < -0.3 is 19.1 Å². The van der Waals surface area contributed by atoms with Gasteiger partial charge in [-0.05, 0) is 54.6 Å². The van der Waals surface area contributed by atoms with Crippen LogP contribution in [0.4, 0.5) is 18.9 Å². The van der Waals surface area contributed by atoms with Crippen molar-refractivity contribution < 1.29 is 45.4 Å². The number of aromatic nitrogens is 2. The first-order valence-electron chi connectivity index (χ1n) is 13.5. The number of hydrogen-bond acceptors (Lipinski definition) is 8. The predicted octanol–water partition coefficient (Wildman–Crippen LogP) is 4.43. The van der Waals surface area contributed by atoms with E-state index in [2.05, 4.69) is 9.84 Å². The molecule has 0 radical (unpaired) electrons. The molecule has 45 heavy (non-hydrogen) atoms. The fourth-order valence-electron chi connectivity index (χ4n) is 5.25. The van der Waals surface area contributed by atoms with Crippen molar-refractivity contribution in [1.82, 2.24) is 14.1 Å². The third-order valence-corrected chi connectivity index (χ3v) is 9.45. The molecular weight excluding hydrogens is 617 g/mol. The van der Waals surface area contributed by atoms with Gasteiger partial charge in [0.05, 0.1) is 29.0 Å². The third-order valence-electron chi connectivity index (χ3n) is 7.59. The lowest BCUT2D eigenvalue weighted by Gasteiger charge is -2.27. The number of alkyl halides is 3. The summed E-state index contributed by atoms with van der Waals surface area (Å²) in [7, 11) is -1.48. The molecule has 0 fully saturated rings. The zero-order valence-corrected chi connectivity index (χ0v) is 24.7. The van der Waals surface area contributed by atoms with Gasteiger partial charge in [0.2, 0.25) is 16.8 Å². The summed E-state index contributed by atoms with van der Waals surface area (Å²) in [6, 6.07) is 16.0. The number of hydrogen-bond donors (Lipinski definition) is 0. The number of halogens is 3. The first-order chi connectivity index (χ1) is 21.4. The predicted molar refractivity (Wildman–Crippen MR) is 153 cm³/mol. The highest BCUT2D eigenvalue weighted by atomic mass is 32.2. The first-order valence-corrected chi connectivity index (χ1v) is 15.0. The molecule has 1 aromatic heterocycles. The van der Waals surface area contributed by atoms with Crippen LogP contribution in [0.3, 0.4) is 0 Å². The molecule has 0 bridgehead atoms. The topological polar surface area (TPSA) is 120 Å². The van der Waals surface area contributed by atoms with Crippen LogP contribution >= 0.6 is 0 Å². The fraction of sp³-hybridized carbons (Fsp3) is 0.233. The first kappa shape index (κ1) is 30.1. The Morgan fingerprint density at radius 1 is 0.978 bits per heavy atom. The molecule has 3 aromatic carbocycles. The highest BCUT2D eigenvalue weighted by molar-refractivity contribution is 7.89. The summed E-state index contributed by atoms with van der Waals surface area (Å²) in [6.45, 7) is -0.625. The molecule has 234 valence electrons. The minimum absolute atomic E-state index is 0.0699. The maximum Gasteiger partial charge on any atom is 0.435 e. The Balaban J connectivity index is 1.31. The van der Waals surface area contributed by atoms with E-state index >= 15 is 0 Å². The van der Waals surface area contributed by atoms with Crippen molar-refractivity contribution in [3.63, 3.8) is 0 Å². The van der Waals surface area contributed by atoms with Crippen molar-refractivity contribution >= 4 is 27.6 Å². The van der Waals surface area contributed by atoms with E-state index < -0.39 is 40.3 Å². The Labute approximate surface area is 255 Å². The number of sulfonamides is 1. The zero-order chi connectivity index (χ0) is 32.1.